The lowest BCUT2D eigenvalue weighted by atomic mass is 9.81. The molecule has 0 spiro atoms. The first-order valence-corrected chi connectivity index (χ1v) is 9.45. The van der Waals surface area contributed by atoms with Gasteiger partial charge in [-0.05, 0) is 24.8 Å². The molecule has 2 fully saturated rings. The number of hydrogen-bond acceptors (Lipinski definition) is 6. The summed E-state index contributed by atoms with van der Waals surface area (Å²) in [6.07, 6.45) is 2.58. The average Bonchev–Trinajstić information content (AvgIpc) is 3.23. The number of amides is 1. The predicted octanol–water partition coefficient (Wildman–Crippen LogP) is 1.94. The average molecular weight is 429 g/mol. The van der Waals surface area contributed by atoms with E-state index >= 15 is 0 Å². The second-order valence-corrected chi connectivity index (χ2v) is 7.52. The van der Waals surface area contributed by atoms with Gasteiger partial charge in [-0.3, -0.25) is 14.5 Å². The van der Waals surface area contributed by atoms with Crippen molar-refractivity contribution in [2.75, 3.05) is 41.0 Å². The molecule has 1 aliphatic carbocycles. The minimum absolute atomic E-state index is 0. The van der Waals surface area contributed by atoms with Crippen LogP contribution >= 0.6 is 12.4 Å². The van der Waals surface area contributed by atoms with Crippen LogP contribution in [0.2, 0.25) is 0 Å². The smallest absolute Gasteiger partial charge is 0.311 e. The van der Waals surface area contributed by atoms with E-state index in [-0.39, 0.29) is 37.3 Å². The number of ether oxygens (including phenoxy) is 3. The van der Waals surface area contributed by atoms with Crippen molar-refractivity contribution in [3.8, 4) is 17.2 Å². The molecule has 0 bridgehead atoms. The van der Waals surface area contributed by atoms with Gasteiger partial charge < -0.3 is 24.6 Å². The SMILES string of the molecule is COc1cc(OC)c(OC)cc1CNC(=O)CN1C[C@@H]2CCC[C@@]2(C(=O)O)C1.Cl. The van der Waals surface area contributed by atoms with Crippen LogP contribution in [-0.2, 0) is 16.1 Å². The molecule has 162 valence electrons. The number of aliphatic carboxylic acids is 1. The van der Waals surface area contributed by atoms with Crippen LogP contribution in [0.1, 0.15) is 24.8 Å². The first-order valence-electron chi connectivity index (χ1n) is 9.45. The van der Waals surface area contributed by atoms with Crippen molar-refractivity contribution in [2.45, 2.75) is 25.8 Å². The topological polar surface area (TPSA) is 97.3 Å². The van der Waals surface area contributed by atoms with E-state index in [4.69, 9.17) is 14.2 Å². The molecule has 1 aromatic rings. The van der Waals surface area contributed by atoms with Crippen LogP contribution in [0.4, 0.5) is 0 Å². The molecule has 2 aliphatic rings. The van der Waals surface area contributed by atoms with Gasteiger partial charge in [0.25, 0.3) is 0 Å². The summed E-state index contributed by atoms with van der Waals surface area (Å²) in [5, 5.41) is 12.6. The molecule has 1 aromatic carbocycles. The highest BCUT2D eigenvalue weighted by molar-refractivity contribution is 5.85. The van der Waals surface area contributed by atoms with Crippen molar-refractivity contribution in [3.05, 3.63) is 17.7 Å². The molecule has 2 N–H and O–H groups in total. The van der Waals surface area contributed by atoms with Gasteiger partial charge in [-0.25, -0.2) is 0 Å². The third-order valence-corrected chi connectivity index (χ3v) is 6.00. The van der Waals surface area contributed by atoms with Crippen LogP contribution in [0.15, 0.2) is 12.1 Å². The molecule has 1 saturated carbocycles. The Morgan fingerprint density at radius 3 is 2.41 bits per heavy atom. The van der Waals surface area contributed by atoms with Gasteiger partial charge in [0, 0.05) is 31.3 Å². The first-order chi connectivity index (χ1) is 13.4. The number of carboxylic acid groups (broad SMARTS) is 1. The molecular formula is C20H29ClN2O6. The molecule has 0 aromatic heterocycles. The number of fused-ring (bicyclic) bond motifs is 1. The highest BCUT2D eigenvalue weighted by atomic mass is 35.5. The molecule has 9 heteroatoms. The number of carbonyl (C=O) groups is 2. The van der Waals surface area contributed by atoms with E-state index in [1.165, 1.54) is 0 Å². The van der Waals surface area contributed by atoms with Crippen molar-refractivity contribution in [2.24, 2.45) is 11.3 Å². The van der Waals surface area contributed by atoms with Crippen LogP contribution in [0.25, 0.3) is 0 Å². The number of rotatable bonds is 8. The van der Waals surface area contributed by atoms with E-state index in [1.807, 2.05) is 4.90 Å². The molecular weight excluding hydrogens is 400 g/mol. The maximum Gasteiger partial charge on any atom is 0.311 e. The van der Waals surface area contributed by atoms with E-state index in [0.29, 0.717) is 36.8 Å². The molecule has 2 atom stereocenters. The maximum atomic E-state index is 12.4. The molecule has 1 amide bonds. The second kappa shape index (κ2) is 9.54. The fourth-order valence-corrected chi connectivity index (χ4v) is 4.55. The zero-order valence-corrected chi connectivity index (χ0v) is 17.8. The Balaban J connectivity index is 0.00000300. The fourth-order valence-electron chi connectivity index (χ4n) is 4.55. The summed E-state index contributed by atoms with van der Waals surface area (Å²) in [5.74, 6) is 0.980. The quantitative estimate of drug-likeness (QED) is 0.653. The van der Waals surface area contributed by atoms with Gasteiger partial charge in [0.05, 0.1) is 33.3 Å². The van der Waals surface area contributed by atoms with Gasteiger partial charge in [-0.15, -0.1) is 12.4 Å². The minimum atomic E-state index is -0.729. The Labute approximate surface area is 176 Å². The van der Waals surface area contributed by atoms with Crippen LogP contribution in [0, 0.1) is 11.3 Å². The molecule has 8 nitrogen and oxygen atoms in total. The number of carbonyl (C=O) groups excluding carboxylic acids is 1. The van der Waals surface area contributed by atoms with Crippen LogP contribution in [0.5, 0.6) is 17.2 Å². The number of likely N-dealkylation sites (tertiary alicyclic amines) is 1. The number of halogens is 1. The van der Waals surface area contributed by atoms with Crippen molar-refractivity contribution >= 4 is 24.3 Å². The van der Waals surface area contributed by atoms with E-state index in [1.54, 1.807) is 33.5 Å². The predicted molar refractivity (Wildman–Crippen MR) is 109 cm³/mol. The van der Waals surface area contributed by atoms with Gasteiger partial charge in [0.1, 0.15) is 5.75 Å². The van der Waals surface area contributed by atoms with Gasteiger partial charge in [0.15, 0.2) is 11.5 Å². The molecule has 1 heterocycles. The van der Waals surface area contributed by atoms with Crippen LogP contribution in [0.3, 0.4) is 0 Å². The molecule has 29 heavy (non-hydrogen) atoms. The van der Waals surface area contributed by atoms with E-state index in [2.05, 4.69) is 5.32 Å². The van der Waals surface area contributed by atoms with E-state index < -0.39 is 11.4 Å². The van der Waals surface area contributed by atoms with E-state index in [0.717, 1.165) is 18.4 Å². The molecule has 1 aliphatic heterocycles. The summed E-state index contributed by atoms with van der Waals surface area (Å²) < 4.78 is 16.0. The van der Waals surface area contributed by atoms with Crippen molar-refractivity contribution in [1.82, 2.24) is 10.2 Å². The summed E-state index contributed by atoms with van der Waals surface area (Å²) in [6.45, 7) is 1.59. The summed E-state index contributed by atoms with van der Waals surface area (Å²) in [4.78, 5) is 26.2. The Kier molecular flexibility index (Phi) is 7.60. The lowest BCUT2D eigenvalue weighted by molar-refractivity contribution is -0.149. The third-order valence-electron chi connectivity index (χ3n) is 6.00. The highest BCUT2D eigenvalue weighted by Gasteiger charge is 2.54. The van der Waals surface area contributed by atoms with E-state index in [9.17, 15) is 14.7 Å². The minimum Gasteiger partial charge on any atom is -0.496 e. The number of nitrogens with one attached hydrogen (secondary N) is 1. The number of methoxy groups -OCH3 is 3. The van der Waals surface area contributed by atoms with Crippen molar-refractivity contribution < 1.29 is 28.9 Å². The molecule has 1 saturated heterocycles. The first kappa shape index (κ1) is 23.1. The summed E-state index contributed by atoms with van der Waals surface area (Å²) in [7, 11) is 4.66. The van der Waals surface area contributed by atoms with Gasteiger partial charge in [-0.1, -0.05) is 6.42 Å². The Bertz CT molecular complexity index is 759. The Morgan fingerprint density at radius 1 is 1.17 bits per heavy atom. The fraction of sp³-hybridized carbons (Fsp3) is 0.600. The lowest BCUT2D eigenvalue weighted by Gasteiger charge is -2.23. The largest absolute Gasteiger partial charge is 0.496 e. The normalized spacial score (nSPS) is 23.1. The number of benzene rings is 1. The third kappa shape index (κ3) is 4.53. The van der Waals surface area contributed by atoms with Crippen molar-refractivity contribution in [1.29, 1.82) is 0 Å². The number of carboxylic acids is 1. The second-order valence-electron chi connectivity index (χ2n) is 7.52. The molecule has 0 radical (unpaired) electrons. The summed E-state index contributed by atoms with van der Waals surface area (Å²) >= 11 is 0. The summed E-state index contributed by atoms with van der Waals surface area (Å²) in [6, 6.07) is 3.50. The van der Waals surface area contributed by atoms with Gasteiger partial charge >= 0.3 is 5.97 Å². The van der Waals surface area contributed by atoms with Crippen molar-refractivity contribution in [3.63, 3.8) is 0 Å². The van der Waals surface area contributed by atoms with Gasteiger partial charge in [-0.2, -0.15) is 0 Å². The standard InChI is InChI=1S/C20H28N2O6.ClH/c1-26-15-8-17(28-3)16(27-2)7-13(15)9-21-18(23)11-22-10-14-5-4-6-20(14,12-22)19(24)25;/h7-8,14H,4-6,9-12H2,1-3H3,(H,21,23)(H,24,25);1H/t14-,20+;/m0./s1. The number of nitrogens with zero attached hydrogens (tertiary/aromatic N) is 1. The highest BCUT2D eigenvalue weighted by Crippen LogP contribution is 2.48. The zero-order chi connectivity index (χ0) is 20.3. The monoisotopic (exact) mass is 428 g/mol. The Morgan fingerprint density at radius 2 is 1.83 bits per heavy atom. The van der Waals surface area contributed by atoms with Crippen LogP contribution in [-0.4, -0.2) is 62.8 Å². The number of hydrogen-bond donors (Lipinski definition) is 2. The summed E-state index contributed by atoms with van der Waals surface area (Å²) in [5.41, 5.74) is 0.0983. The molecule has 3 rings (SSSR count). The zero-order valence-electron chi connectivity index (χ0n) is 17.0. The lowest BCUT2D eigenvalue weighted by Crippen LogP contribution is -2.39. The molecule has 0 unspecified atom stereocenters. The van der Waals surface area contributed by atoms with Crippen LogP contribution < -0.4 is 19.5 Å². The van der Waals surface area contributed by atoms with Gasteiger partial charge in [0.2, 0.25) is 5.91 Å². The maximum absolute atomic E-state index is 12.4. The Hall–Kier alpha value is -2.19.